The maximum atomic E-state index is 5.89. The van der Waals surface area contributed by atoms with E-state index in [0.29, 0.717) is 13.2 Å². The zero-order valence-electron chi connectivity index (χ0n) is 10.4. The molecule has 2 N–H and O–H groups in total. The summed E-state index contributed by atoms with van der Waals surface area (Å²) >= 11 is 0. The first-order valence-electron chi connectivity index (χ1n) is 5.89. The van der Waals surface area contributed by atoms with Gasteiger partial charge in [-0.2, -0.15) is 0 Å². The van der Waals surface area contributed by atoms with Crippen molar-refractivity contribution < 1.29 is 4.74 Å². The van der Waals surface area contributed by atoms with E-state index in [-0.39, 0.29) is 5.54 Å². The monoisotopic (exact) mass is 229 g/mol. The summed E-state index contributed by atoms with van der Waals surface area (Å²) in [7, 11) is 0. The predicted octanol–water partition coefficient (Wildman–Crippen LogP) is 3.09. The van der Waals surface area contributed by atoms with Crippen LogP contribution in [-0.4, -0.2) is 12.1 Å². The fourth-order valence-electron chi connectivity index (χ4n) is 1.84. The molecule has 0 aromatic heterocycles. The molecule has 2 heteroatoms. The Morgan fingerprint density at radius 1 is 1.06 bits per heavy atom. The molecule has 0 unspecified atom stereocenters. The van der Waals surface area contributed by atoms with E-state index in [1.807, 2.05) is 13.8 Å². The molecule has 0 aliphatic rings. The molecule has 0 radical (unpaired) electrons. The van der Waals surface area contributed by atoms with E-state index in [9.17, 15) is 0 Å². The SMILES string of the molecule is CC(C)(N)COCc1cccc2ccccc12. The zero-order valence-corrected chi connectivity index (χ0v) is 10.4. The fraction of sp³-hybridized carbons (Fsp3) is 0.333. The Balaban J connectivity index is 2.13. The molecule has 0 spiro atoms. The molecule has 0 heterocycles. The van der Waals surface area contributed by atoms with Crippen LogP contribution >= 0.6 is 0 Å². The summed E-state index contributed by atoms with van der Waals surface area (Å²) in [6.45, 7) is 5.12. The highest BCUT2D eigenvalue weighted by molar-refractivity contribution is 5.85. The summed E-state index contributed by atoms with van der Waals surface area (Å²) in [5.74, 6) is 0. The molecule has 0 amide bonds. The van der Waals surface area contributed by atoms with Crippen molar-refractivity contribution in [2.24, 2.45) is 5.73 Å². The van der Waals surface area contributed by atoms with Crippen LogP contribution in [0.25, 0.3) is 10.8 Å². The van der Waals surface area contributed by atoms with Gasteiger partial charge in [0.15, 0.2) is 0 Å². The van der Waals surface area contributed by atoms with E-state index in [4.69, 9.17) is 10.5 Å². The summed E-state index contributed by atoms with van der Waals surface area (Å²) in [5, 5.41) is 2.51. The van der Waals surface area contributed by atoms with Crippen LogP contribution in [0, 0.1) is 0 Å². The summed E-state index contributed by atoms with van der Waals surface area (Å²) in [4.78, 5) is 0. The smallest absolute Gasteiger partial charge is 0.0723 e. The fourth-order valence-corrected chi connectivity index (χ4v) is 1.84. The Hall–Kier alpha value is -1.38. The normalized spacial score (nSPS) is 11.9. The van der Waals surface area contributed by atoms with E-state index in [1.165, 1.54) is 16.3 Å². The second kappa shape index (κ2) is 4.86. The van der Waals surface area contributed by atoms with Gasteiger partial charge in [0.1, 0.15) is 0 Å². The van der Waals surface area contributed by atoms with Crippen LogP contribution in [0.5, 0.6) is 0 Å². The number of ether oxygens (including phenoxy) is 1. The summed E-state index contributed by atoms with van der Waals surface area (Å²) in [6, 6.07) is 14.6. The second-order valence-corrected chi connectivity index (χ2v) is 5.12. The van der Waals surface area contributed by atoms with Crippen molar-refractivity contribution in [3.8, 4) is 0 Å². The van der Waals surface area contributed by atoms with E-state index in [0.717, 1.165) is 0 Å². The molecule has 2 aromatic carbocycles. The van der Waals surface area contributed by atoms with E-state index in [2.05, 4.69) is 42.5 Å². The van der Waals surface area contributed by atoms with Gasteiger partial charge in [-0.1, -0.05) is 42.5 Å². The minimum absolute atomic E-state index is 0.273. The van der Waals surface area contributed by atoms with Gasteiger partial charge in [-0.25, -0.2) is 0 Å². The number of hydrogen-bond donors (Lipinski definition) is 1. The van der Waals surface area contributed by atoms with Crippen LogP contribution < -0.4 is 5.73 Å². The number of rotatable bonds is 4. The van der Waals surface area contributed by atoms with Crippen molar-refractivity contribution in [1.82, 2.24) is 0 Å². The topological polar surface area (TPSA) is 35.2 Å². The second-order valence-electron chi connectivity index (χ2n) is 5.12. The first-order valence-corrected chi connectivity index (χ1v) is 5.89. The molecular formula is C15H19NO. The van der Waals surface area contributed by atoms with Crippen molar-refractivity contribution >= 4 is 10.8 Å². The third-order valence-corrected chi connectivity index (χ3v) is 2.61. The number of fused-ring (bicyclic) bond motifs is 1. The lowest BCUT2D eigenvalue weighted by atomic mass is 10.1. The lowest BCUT2D eigenvalue weighted by Crippen LogP contribution is -2.37. The predicted molar refractivity (Wildman–Crippen MR) is 71.9 cm³/mol. The lowest BCUT2D eigenvalue weighted by molar-refractivity contribution is 0.0858. The first-order chi connectivity index (χ1) is 8.06. The van der Waals surface area contributed by atoms with Crippen molar-refractivity contribution in [3.63, 3.8) is 0 Å². The summed E-state index contributed by atoms with van der Waals surface area (Å²) in [6.07, 6.45) is 0. The Kier molecular flexibility index (Phi) is 3.46. The van der Waals surface area contributed by atoms with Crippen LogP contribution in [0.4, 0.5) is 0 Å². The largest absolute Gasteiger partial charge is 0.375 e. The van der Waals surface area contributed by atoms with Crippen molar-refractivity contribution in [2.75, 3.05) is 6.61 Å². The molecule has 0 aliphatic heterocycles. The van der Waals surface area contributed by atoms with Crippen molar-refractivity contribution in [3.05, 3.63) is 48.0 Å². The quantitative estimate of drug-likeness (QED) is 0.874. The molecule has 0 aliphatic carbocycles. The van der Waals surface area contributed by atoms with E-state index < -0.39 is 0 Å². The highest BCUT2D eigenvalue weighted by atomic mass is 16.5. The van der Waals surface area contributed by atoms with Crippen LogP contribution in [0.1, 0.15) is 19.4 Å². The van der Waals surface area contributed by atoms with Gasteiger partial charge < -0.3 is 10.5 Å². The Bertz CT molecular complexity index is 494. The molecule has 0 fully saturated rings. The average Bonchev–Trinajstić information content (AvgIpc) is 2.28. The highest BCUT2D eigenvalue weighted by Crippen LogP contribution is 2.19. The van der Waals surface area contributed by atoms with Gasteiger partial charge in [0.2, 0.25) is 0 Å². The first kappa shape index (κ1) is 12.1. The Morgan fingerprint density at radius 2 is 1.76 bits per heavy atom. The minimum Gasteiger partial charge on any atom is -0.375 e. The molecule has 0 saturated carbocycles. The maximum absolute atomic E-state index is 5.89. The van der Waals surface area contributed by atoms with Gasteiger partial charge in [-0.05, 0) is 30.2 Å². The molecule has 2 rings (SSSR count). The molecule has 90 valence electrons. The standard InChI is InChI=1S/C15H19NO/c1-15(2,16)11-17-10-13-8-5-7-12-6-3-4-9-14(12)13/h3-9H,10-11,16H2,1-2H3. The Labute approximate surface area is 102 Å². The highest BCUT2D eigenvalue weighted by Gasteiger charge is 2.10. The number of hydrogen-bond acceptors (Lipinski definition) is 2. The third-order valence-electron chi connectivity index (χ3n) is 2.61. The van der Waals surface area contributed by atoms with Gasteiger partial charge >= 0.3 is 0 Å². The van der Waals surface area contributed by atoms with Crippen LogP contribution in [0.2, 0.25) is 0 Å². The molecule has 0 saturated heterocycles. The van der Waals surface area contributed by atoms with Crippen molar-refractivity contribution in [2.45, 2.75) is 26.0 Å². The summed E-state index contributed by atoms with van der Waals surface area (Å²) in [5.41, 5.74) is 6.83. The van der Waals surface area contributed by atoms with Crippen LogP contribution in [0.15, 0.2) is 42.5 Å². The molecule has 0 bridgehead atoms. The maximum Gasteiger partial charge on any atom is 0.0723 e. The van der Waals surface area contributed by atoms with Gasteiger partial charge in [0.25, 0.3) is 0 Å². The average molecular weight is 229 g/mol. The number of nitrogens with two attached hydrogens (primary N) is 1. The zero-order chi connectivity index (χ0) is 12.3. The number of benzene rings is 2. The lowest BCUT2D eigenvalue weighted by Gasteiger charge is -2.18. The molecule has 0 atom stereocenters. The van der Waals surface area contributed by atoms with E-state index in [1.54, 1.807) is 0 Å². The third kappa shape index (κ3) is 3.29. The minimum atomic E-state index is -0.273. The van der Waals surface area contributed by atoms with Gasteiger partial charge in [0, 0.05) is 5.54 Å². The summed E-state index contributed by atoms with van der Waals surface area (Å²) < 4.78 is 5.67. The van der Waals surface area contributed by atoms with Crippen LogP contribution in [-0.2, 0) is 11.3 Å². The van der Waals surface area contributed by atoms with Crippen molar-refractivity contribution in [1.29, 1.82) is 0 Å². The molecule has 2 aromatic rings. The molecule has 2 nitrogen and oxygen atoms in total. The van der Waals surface area contributed by atoms with Crippen LogP contribution in [0.3, 0.4) is 0 Å². The molecular weight excluding hydrogens is 210 g/mol. The van der Waals surface area contributed by atoms with Gasteiger partial charge in [0.05, 0.1) is 13.2 Å². The van der Waals surface area contributed by atoms with Gasteiger partial charge in [-0.15, -0.1) is 0 Å². The van der Waals surface area contributed by atoms with E-state index >= 15 is 0 Å². The van der Waals surface area contributed by atoms with Gasteiger partial charge in [-0.3, -0.25) is 0 Å². The Morgan fingerprint density at radius 3 is 2.53 bits per heavy atom. The molecule has 17 heavy (non-hydrogen) atoms.